The van der Waals surface area contributed by atoms with Gasteiger partial charge in [0.25, 0.3) is 0 Å². The summed E-state index contributed by atoms with van der Waals surface area (Å²) in [5.74, 6) is -2.09. The lowest BCUT2D eigenvalue weighted by Gasteiger charge is -2.25. The molecule has 3 atom stereocenters. The van der Waals surface area contributed by atoms with Crippen LogP contribution in [0.3, 0.4) is 0 Å². The average molecular weight is 713 g/mol. The maximum atomic E-state index is 13.5. The van der Waals surface area contributed by atoms with Crippen LogP contribution in [0.25, 0.3) is 0 Å². The summed E-state index contributed by atoms with van der Waals surface area (Å²) < 4.78 is 5.24. The molecule has 1 aromatic carbocycles. The number of hydrogen-bond donors (Lipinski definition) is 5. The third kappa shape index (κ3) is 14.7. The summed E-state index contributed by atoms with van der Waals surface area (Å²) in [6.45, 7) is 8.17. The number of unbranched alkanes of at least 4 members (excludes halogenated alkanes) is 3. The molecular formula is C37H56N6O8. The maximum absolute atomic E-state index is 13.5. The number of alkyl carbamates (subject to hydrolysis) is 1. The molecule has 0 aromatic heterocycles. The Morgan fingerprint density at radius 3 is 2.24 bits per heavy atom. The Labute approximate surface area is 300 Å². The molecule has 1 aliphatic heterocycles. The van der Waals surface area contributed by atoms with E-state index in [1.54, 1.807) is 31.2 Å². The molecule has 2 fully saturated rings. The third-order valence-electron chi connectivity index (χ3n) is 8.86. The normalized spacial score (nSPS) is 16.7. The van der Waals surface area contributed by atoms with Crippen molar-refractivity contribution in [3.63, 3.8) is 0 Å². The summed E-state index contributed by atoms with van der Waals surface area (Å²) >= 11 is 0. The van der Waals surface area contributed by atoms with E-state index in [0.717, 1.165) is 24.8 Å². The first-order valence-corrected chi connectivity index (χ1v) is 18.4. The monoisotopic (exact) mass is 712 g/mol. The predicted octanol–water partition coefficient (Wildman–Crippen LogP) is 3.68. The SMILES string of the molecule is CCCC(=O)NCCCC[C@H](NC(=O)[C@@H](NC(=O)CCCCCN1C(=O)CC(C)C1=O)C(C)C)C(=O)Nc1ccc(COC(=O)NC2CC2)cc1. The number of likely N-dealkylation sites (tertiary alicyclic amines) is 1. The van der Waals surface area contributed by atoms with Gasteiger partial charge >= 0.3 is 6.09 Å². The molecule has 51 heavy (non-hydrogen) atoms. The number of ether oxygens (including phenoxy) is 1. The van der Waals surface area contributed by atoms with Crippen molar-refractivity contribution in [2.24, 2.45) is 11.8 Å². The number of hydrogen-bond acceptors (Lipinski definition) is 8. The van der Waals surface area contributed by atoms with Crippen molar-refractivity contribution >= 4 is 47.2 Å². The van der Waals surface area contributed by atoms with Crippen molar-refractivity contribution in [3.05, 3.63) is 29.8 Å². The van der Waals surface area contributed by atoms with Crippen molar-refractivity contribution in [1.82, 2.24) is 26.2 Å². The molecule has 0 bridgehead atoms. The van der Waals surface area contributed by atoms with Crippen molar-refractivity contribution in [1.29, 1.82) is 0 Å². The fourth-order valence-electron chi connectivity index (χ4n) is 5.64. The van der Waals surface area contributed by atoms with Crippen LogP contribution in [0, 0.1) is 11.8 Å². The highest BCUT2D eigenvalue weighted by molar-refractivity contribution is 6.03. The summed E-state index contributed by atoms with van der Waals surface area (Å²) in [4.78, 5) is 88.9. The van der Waals surface area contributed by atoms with Gasteiger partial charge in [0.05, 0.1) is 0 Å². The van der Waals surface area contributed by atoms with E-state index in [1.165, 1.54) is 4.90 Å². The number of anilines is 1. The zero-order valence-corrected chi connectivity index (χ0v) is 30.5. The number of amides is 7. The molecule has 282 valence electrons. The predicted molar refractivity (Wildman–Crippen MR) is 191 cm³/mol. The summed E-state index contributed by atoms with van der Waals surface area (Å²) in [6.07, 6.45) is 6.31. The molecule has 1 saturated heterocycles. The van der Waals surface area contributed by atoms with Gasteiger partial charge in [0.2, 0.25) is 35.4 Å². The molecule has 14 heteroatoms. The standard InChI is InChI=1S/C37H56N6O8/c1-5-11-30(44)38-20-9-8-12-29(34(47)39-27-16-14-26(15-17-27)23-51-37(50)40-28-18-19-28)41-35(48)33(24(2)3)42-31(45)13-7-6-10-21-43-32(46)22-25(4)36(43)49/h14-17,24-25,28-29,33H,5-13,18-23H2,1-4H3,(H,38,44)(H,39,47)(H,40,50)(H,41,48)(H,42,45)/t25?,29-,33-/m0/s1. The van der Waals surface area contributed by atoms with Crippen LogP contribution < -0.4 is 26.6 Å². The molecule has 14 nitrogen and oxygen atoms in total. The van der Waals surface area contributed by atoms with Crippen LogP contribution >= 0.6 is 0 Å². The highest BCUT2D eigenvalue weighted by Crippen LogP contribution is 2.20. The molecule has 1 saturated carbocycles. The maximum Gasteiger partial charge on any atom is 0.407 e. The minimum Gasteiger partial charge on any atom is -0.445 e. The van der Waals surface area contributed by atoms with Gasteiger partial charge in [-0.2, -0.15) is 0 Å². The van der Waals surface area contributed by atoms with Gasteiger partial charge in [-0.15, -0.1) is 0 Å². The topological polar surface area (TPSA) is 192 Å². The van der Waals surface area contributed by atoms with Gasteiger partial charge in [-0.25, -0.2) is 4.79 Å². The molecule has 2 aliphatic rings. The molecule has 0 radical (unpaired) electrons. The van der Waals surface area contributed by atoms with Crippen LogP contribution in [0.4, 0.5) is 10.5 Å². The smallest absolute Gasteiger partial charge is 0.407 e. The van der Waals surface area contributed by atoms with Gasteiger partial charge < -0.3 is 31.3 Å². The summed E-state index contributed by atoms with van der Waals surface area (Å²) in [5.41, 5.74) is 1.25. The number of carbonyl (C=O) groups is 7. The quantitative estimate of drug-likeness (QED) is 0.0888. The Balaban J connectivity index is 1.52. The average Bonchev–Trinajstić information content (AvgIpc) is 3.87. The first-order chi connectivity index (χ1) is 24.4. The van der Waals surface area contributed by atoms with E-state index in [1.807, 2.05) is 20.8 Å². The van der Waals surface area contributed by atoms with E-state index in [2.05, 4.69) is 26.6 Å². The highest BCUT2D eigenvalue weighted by atomic mass is 16.5. The lowest BCUT2D eigenvalue weighted by molar-refractivity contribution is -0.139. The molecular weight excluding hydrogens is 656 g/mol. The van der Waals surface area contributed by atoms with Gasteiger partial charge in [0.15, 0.2) is 0 Å². The lowest BCUT2D eigenvalue weighted by atomic mass is 10.0. The van der Waals surface area contributed by atoms with Crippen LogP contribution in [-0.2, 0) is 40.1 Å². The molecule has 5 N–H and O–H groups in total. The Bertz CT molecular complexity index is 1360. The number of imide groups is 1. The van der Waals surface area contributed by atoms with Gasteiger partial charge in [0, 0.05) is 50.0 Å². The molecule has 3 rings (SSSR count). The third-order valence-corrected chi connectivity index (χ3v) is 8.86. The summed E-state index contributed by atoms with van der Waals surface area (Å²) in [5, 5.41) is 14.1. The molecule has 1 unspecified atom stereocenters. The van der Waals surface area contributed by atoms with E-state index in [9.17, 15) is 33.6 Å². The Kier molecular flexibility index (Phi) is 16.9. The van der Waals surface area contributed by atoms with E-state index in [4.69, 9.17) is 4.74 Å². The molecule has 7 amide bonds. The fraction of sp³-hybridized carbons (Fsp3) is 0.649. The Morgan fingerprint density at radius 1 is 0.882 bits per heavy atom. The number of carbonyl (C=O) groups excluding carboxylic acids is 7. The highest BCUT2D eigenvalue weighted by Gasteiger charge is 2.35. The van der Waals surface area contributed by atoms with Gasteiger partial charge in [-0.05, 0) is 75.0 Å². The zero-order chi connectivity index (χ0) is 37.3. The number of benzene rings is 1. The van der Waals surface area contributed by atoms with Crippen molar-refractivity contribution < 1.29 is 38.3 Å². The number of nitrogens with zero attached hydrogens (tertiary/aromatic N) is 1. The fourth-order valence-corrected chi connectivity index (χ4v) is 5.64. The first-order valence-electron chi connectivity index (χ1n) is 18.4. The minimum absolute atomic E-state index is 0.0283. The van der Waals surface area contributed by atoms with Crippen LogP contribution in [0.5, 0.6) is 0 Å². The van der Waals surface area contributed by atoms with Crippen LogP contribution in [0.2, 0.25) is 0 Å². The molecule has 1 aliphatic carbocycles. The summed E-state index contributed by atoms with van der Waals surface area (Å²) in [6, 6.07) is 5.27. The Hall–Kier alpha value is -4.49. The van der Waals surface area contributed by atoms with E-state index < -0.39 is 30.0 Å². The zero-order valence-electron chi connectivity index (χ0n) is 30.5. The van der Waals surface area contributed by atoms with Crippen molar-refractivity contribution in [3.8, 4) is 0 Å². The second kappa shape index (κ2) is 21.0. The lowest BCUT2D eigenvalue weighted by Crippen LogP contribution is -2.54. The summed E-state index contributed by atoms with van der Waals surface area (Å²) in [7, 11) is 0. The first kappa shape index (κ1) is 40.9. The second-order valence-electron chi connectivity index (χ2n) is 13.9. The Morgan fingerprint density at radius 2 is 1.61 bits per heavy atom. The van der Waals surface area contributed by atoms with Gasteiger partial charge in [-0.3, -0.25) is 33.7 Å². The van der Waals surface area contributed by atoms with E-state index >= 15 is 0 Å². The van der Waals surface area contributed by atoms with E-state index in [-0.39, 0.29) is 61.0 Å². The molecule has 1 aromatic rings. The van der Waals surface area contributed by atoms with Gasteiger partial charge in [-0.1, -0.05) is 46.2 Å². The van der Waals surface area contributed by atoms with Crippen molar-refractivity contribution in [2.45, 2.75) is 129 Å². The largest absolute Gasteiger partial charge is 0.445 e. The van der Waals surface area contributed by atoms with Crippen LogP contribution in [0.1, 0.15) is 110 Å². The van der Waals surface area contributed by atoms with Crippen LogP contribution in [-0.4, -0.2) is 77.7 Å². The van der Waals surface area contributed by atoms with Gasteiger partial charge in [0.1, 0.15) is 18.7 Å². The number of rotatable bonds is 22. The minimum atomic E-state index is -0.908. The van der Waals surface area contributed by atoms with Crippen molar-refractivity contribution in [2.75, 3.05) is 18.4 Å². The number of nitrogens with one attached hydrogen (secondary N) is 5. The van der Waals surface area contributed by atoms with E-state index in [0.29, 0.717) is 63.7 Å². The second-order valence-corrected chi connectivity index (χ2v) is 13.9. The molecule has 1 heterocycles. The van der Waals surface area contributed by atoms with Crippen LogP contribution in [0.15, 0.2) is 24.3 Å². The molecule has 0 spiro atoms.